The van der Waals surface area contributed by atoms with Crippen molar-refractivity contribution in [1.29, 1.82) is 0 Å². The monoisotopic (exact) mass is 400 g/mol. The van der Waals surface area contributed by atoms with Crippen LogP contribution in [-0.2, 0) is 10.0 Å². The highest BCUT2D eigenvalue weighted by molar-refractivity contribution is 9.11. The number of hydrogen-bond acceptors (Lipinski definition) is 4. The van der Waals surface area contributed by atoms with Crippen LogP contribution >= 0.6 is 50.5 Å². The van der Waals surface area contributed by atoms with Gasteiger partial charge in [0.05, 0.1) is 25.2 Å². The van der Waals surface area contributed by atoms with Crippen molar-refractivity contribution in [3.05, 3.63) is 38.1 Å². The van der Waals surface area contributed by atoms with Crippen LogP contribution in [0.25, 0.3) is 0 Å². The highest BCUT2D eigenvalue weighted by Gasteiger charge is 2.19. The summed E-state index contributed by atoms with van der Waals surface area (Å²) in [5, 5.41) is 0.714. The first kappa shape index (κ1) is 14.9. The van der Waals surface area contributed by atoms with E-state index in [-0.39, 0.29) is 4.21 Å². The van der Waals surface area contributed by atoms with Crippen LogP contribution in [0.2, 0.25) is 10.0 Å². The summed E-state index contributed by atoms with van der Waals surface area (Å²) in [5.74, 6) is 0. The Morgan fingerprint density at radius 2 is 1.89 bits per heavy atom. The van der Waals surface area contributed by atoms with Crippen molar-refractivity contribution in [3.63, 3.8) is 0 Å². The van der Waals surface area contributed by atoms with Crippen LogP contribution in [0, 0.1) is 0 Å². The van der Waals surface area contributed by atoms with E-state index in [9.17, 15) is 8.42 Å². The summed E-state index contributed by atoms with van der Waals surface area (Å²) in [4.78, 5) is 0. The molecule has 0 atom stereocenters. The highest BCUT2D eigenvalue weighted by Crippen LogP contribution is 2.35. The minimum absolute atomic E-state index is 0.109. The lowest BCUT2D eigenvalue weighted by molar-refractivity contribution is 0.603. The van der Waals surface area contributed by atoms with Crippen molar-refractivity contribution >= 4 is 71.9 Å². The van der Waals surface area contributed by atoms with Gasteiger partial charge in [0.15, 0.2) is 0 Å². The SMILES string of the molecule is Nc1cc(NS(=O)(=O)c2cc(Cl)c(Br)s2)ccc1Cl. The molecule has 0 unspecified atom stereocenters. The summed E-state index contributed by atoms with van der Waals surface area (Å²) in [6.45, 7) is 0. The van der Waals surface area contributed by atoms with Gasteiger partial charge < -0.3 is 5.73 Å². The number of thiophene rings is 1. The predicted molar refractivity (Wildman–Crippen MR) is 83.7 cm³/mol. The number of rotatable bonds is 3. The average molecular weight is 402 g/mol. The fraction of sp³-hybridized carbons (Fsp3) is 0. The van der Waals surface area contributed by atoms with Crippen LogP contribution in [0.5, 0.6) is 0 Å². The normalized spacial score (nSPS) is 11.5. The minimum atomic E-state index is -3.69. The lowest BCUT2D eigenvalue weighted by Crippen LogP contribution is -2.11. The van der Waals surface area contributed by atoms with Crippen LogP contribution in [0.3, 0.4) is 0 Å². The smallest absolute Gasteiger partial charge is 0.271 e. The van der Waals surface area contributed by atoms with Gasteiger partial charge in [-0.15, -0.1) is 11.3 Å². The van der Waals surface area contributed by atoms with Crippen LogP contribution in [0.15, 0.2) is 32.3 Å². The Balaban J connectivity index is 2.33. The Hall–Kier alpha value is -0.470. The number of nitrogen functional groups attached to an aromatic ring is 1. The molecule has 0 fully saturated rings. The number of halogens is 3. The second kappa shape index (κ2) is 5.49. The van der Waals surface area contributed by atoms with Gasteiger partial charge in [0, 0.05) is 0 Å². The molecular formula is C10H7BrCl2N2O2S2. The van der Waals surface area contributed by atoms with Crippen LogP contribution in [-0.4, -0.2) is 8.42 Å². The number of hydrogen-bond donors (Lipinski definition) is 2. The molecule has 2 aromatic rings. The van der Waals surface area contributed by atoms with E-state index in [1.807, 2.05) is 0 Å². The molecule has 1 heterocycles. The van der Waals surface area contributed by atoms with Crippen molar-refractivity contribution in [1.82, 2.24) is 0 Å². The summed E-state index contributed by atoms with van der Waals surface area (Å²) in [6, 6.07) is 5.87. The predicted octanol–water partition coefficient (Wildman–Crippen LogP) is 4.20. The summed E-state index contributed by atoms with van der Waals surface area (Å²) < 4.78 is 27.3. The molecule has 1 aromatic carbocycles. The van der Waals surface area contributed by atoms with Crippen LogP contribution < -0.4 is 10.5 Å². The molecule has 0 aliphatic carbocycles. The van der Waals surface area contributed by atoms with E-state index < -0.39 is 10.0 Å². The zero-order chi connectivity index (χ0) is 14.2. The molecule has 0 saturated carbocycles. The van der Waals surface area contributed by atoms with Gasteiger partial charge in [-0.1, -0.05) is 23.2 Å². The first-order chi connectivity index (χ1) is 8.79. The number of nitrogens with two attached hydrogens (primary N) is 1. The van der Waals surface area contributed by atoms with Crippen LogP contribution in [0.1, 0.15) is 0 Å². The molecule has 0 bridgehead atoms. The maximum atomic E-state index is 12.1. The Morgan fingerprint density at radius 3 is 2.42 bits per heavy atom. The number of anilines is 2. The Kier molecular flexibility index (Phi) is 4.32. The Labute approximate surface area is 132 Å². The lowest BCUT2D eigenvalue weighted by atomic mass is 10.3. The van der Waals surface area contributed by atoms with Gasteiger partial charge in [-0.05, 0) is 40.2 Å². The van der Waals surface area contributed by atoms with Crippen molar-refractivity contribution in [2.75, 3.05) is 10.5 Å². The summed E-state index contributed by atoms with van der Waals surface area (Å²) in [7, 11) is -3.69. The number of sulfonamides is 1. The first-order valence-corrected chi connectivity index (χ1v) is 8.67. The van der Waals surface area contributed by atoms with E-state index in [1.54, 1.807) is 0 Å². The van der Waals surface area contributed by atoms with Crippen LogP contribution in [0.4, 0.5) is 11.4 Å². The van der Waals surface area contributed by atoms with Gasteiger partial charge in [0.25, 0.3) is 10.0 Å². The van der Waals surface area contributed by atoms with Crippen molar-refractivity contribution in [3.8, 4) is 0 Å². The molecule has 4 nitrogen and oxygen atoms in total. The third-order valence-electron chi connectivity index (χ3n) is 2.14. The highest BCUT2D eigenvalue weighted by atomic mass is 79.9. The van der Waals surface area contributed by atoms with Gasteiger partial charge in [-0.2, -0.15) is 0 Å². The molecule has 0 amide bonds. The molecule has 1 aromatic heterocycles. The lowest BCUT2D eigenvalue weighted by Gasteiger charge is -2.07. The van der Waals surface area contributed by atoms with E-state index in [1.165, 1.54) is 24.3 Å². The summed E-state index contributed by atoms with van der Waals surface area (Å²) >= 11 is 15.8. The topological polar surface area (TPSA) is 72.2 Å². The zero-order valence-corrected chi connectivity index (χ0v) is 13.9. The molecule has 19 heavy (non-hydrogen) atoms. The van der Waals surface area contributed by atoms with Gasteiger partial charge in [0.1, 0.15) is 4.21 Å². The second-order valence-corrected chi connectivity index (χ2v) is 8.62. The fourth-order valence-corrected chi connectivity index (χ4v) is 4.84. The molecule has 3 N–H and O–H groups in total. The van der Waals surface area contributed by atoms with Crippen molar-refractivity contribution < 1.29 is 8.42 Å². The molecule has 2 rings (SSSR count). The van der Waals surface area contributed by atoms with E-state index in [2.05, 4.69) is 20.7 Å². The average Bonchev–Trinajstić information content (AvgIpc) is 2.65. The van der Waals surface area contributed by atoms with E-state index in [0.717, 1.165) is 11.3 Å². The molecule has 0 saturated heterocycles. The zero-order valence-electron chi connectivity index (χ0n) is 9.15. The molecular weight excluding hydrogens is 395 g/mol. The largest absolute Gasteiger partial charge is 0.397 e. The number of benzene rings is 1. The third kappa shape index (κ3) is 3.35. The van der Waals surface area contributed by atoms with E-state index >= 15 is 0 Å². The quantitative estimate of drug-likeness (QED) is 0.757. The molecule has 0 radical (unpaired) electrons. The van der Waals surface area contributed by atoms with Crippen molar-refractivity contribution in [2.45, 2.75) is 4.21 Å². The van der Waals surface area contributed by atoms with Gasteiger partial charge in [-0.3, -0.25) is 4.72 Å². The molecule has 0 spiro atoms. The first-order valence-electron chi connectivity index (χ1n) is 4.82. The molecule has 102 valence electrons. The van der Waals surface area contributed by atoms with Gasteiger partial charge in [0.2, 0.25) is 0 Å². The number of nitrogens with one attached hydrogen (secondary N) is 1. The minimum Gasteiger partial charge on any atom is -0.397 e. The Bertz CT molecular complexity index is 712. The van der Waals surface area contributed by atoms with Gasteiger partial charge >= 0.3 is 0 Å². The van der Waals surface area contributed by atoms with E-state index in [0.29, 0.717) is 25.2 Å². The Morgan fingerprint density at radius 1 is 1.21 bits per heavy atom. The van der Waals surface area contributed by atoms with Crippen molar-refractivity contribution in [2.24, 2.45) is 0 Å². The molecule has 0 aliphatic rings. The maximum absolute atomic E-state index is 12.1. The molecule has 0 aliphatic heterocycles. The maximum Gasteiger partial charge on any atom is 0.271 e. The third-order valence-corrected chi connectivity index (χ3v) is 6.81. The van der Waals surface area contributed by atoms with E-state index in [4.69, 9.17) is 28.9 Å². The second-order valence-electron chi connectivity index (χ2n) is 3.53. The summed E-state index contributed by atoms with van der Waals surface area (Å²) in [5.41, 5.74) is 6.25. The molecule has 9 heteroatoms. The summed E-state index contributed by atoms with van der Waals surface area (Å²) in [6.07, 6.45) is 0. The standard InChI is InChI=1S/C10H7BrCl2N2O2S2/c11-10-7(13)4-9(18-10)19(16,17)15-5-1-2-6(12)8(14)3-5/h1-4,15H,14H2. The van der Waals surface area contributed by atoms with Gasteiger partial charge in [-0.25, -0.2) is 8.42 Å². The fourth-order valence-electron chi connectivity index (χ4n) is 1.27.